The molecule has 0 saturated carbocycles. The van der Waals surface area contributed by atoms with Crippen LogP contribution in [0.3, 0.4) is 0 Å². The number of para-hydroxylation sites is 2. The smallest absolute Gasteiger partial charge is 0.263 e. The summed E-state index contributed by atoms with van der Waals surface area (Å²) >= 11 is 0. The van der Waals surface area contributed by atoms with E-state index >= 15 is 0 Å². The van der Waals surface area contributed by atoms with Gasteiger partial charge in [-0.15, -0.1) is 0 Å². The van der Waals surface area contributed by atoms with Crippen LogP contribution in [0.1, 0.15) is 11.1 Å². The van der Waals surface area contributed by atoms with Crippen molar-refractivity contribution in [3.05, 3.63) is 96.1 Å². The number of hydrogen-bond donors (Lipinski definition) is 1. The molecule has 7 heteroatoms. The van der Waals surface area contributed by atoms with Gasteiger partial charge in [-0.3, -0.25) is 9.10 Å². The lowest BCUT2D eigenvalue weighted by atomic mass is 10.2. The van der Waals surface area contributed by atoms with Crippen molar-refractivity contribution in [2.75, 3.05) is 10.8 Å². The summed E-state index contributed by atoms with van der Waals surface area (Å²) in [5.74, 6) is -0.130. The van der Waals surface area contributed by atoms with Gasteiger partial charge in [0.1, 0.15) is 5.75 Å². The average molecular weight is 423 g/mol. The first-order chi connectivity index (χ1) is 14.5. The van der Waals surface area contributed by atoms with Crippen LogP contribution < -0.4 is 14.4 Å². The second-order valence-corrected chi connectivity index (χ2v) is 8.94. The van der Waals surface area contributed by atoms with Gasteiger partial charge in [-0.1, -0.05) is 72.8 Å². The Balaban J connectivity index is 1.55. The molecule has 0 unspecified atom stereocenters. The van der Waals surface area contributed by atoms with Gasteiger partial charge in [0.15, 0.2) is 6.10 Å². The van der Waals surface area contributed by atoms with Crippen molar-refractivity contribution < 1.29 is 17.9 Å². The zero-order chi connectivity index (χ0) is 21.0. The van der Waals surface area contributed by atoms with E-state index in [-0.39, 0.29) is 18.2 Å². The molecule has 1 N–H and O–H groups in total. The number of anilines is 1. The van der Waals surface area contributed by atoms with E-state index in [4.69, 9.17) is 4.74 Å². The van der Waals surface area contributed by atoms with E-state index in [1.165, 1.54) is 4.31 Å². The lowest BCUT2D eigenvalue weighted by Crippen LogP contribution is -2.50. The fourth-order valence-electron chi connectivity index (χ4n) is 3.36. The molecule has 6 nitrogen and oxygen atoms in total. The quantitative estimate of drug-likeness (QED) is 0.662. The Kier molecular flexibility index (Phi) is 5.72. The Labute approximate surface area is 176 Å². The van der Waals surface area contributed by atoms with Gasteiger partial charge in [0.05, 0.1) is 18.0 Å². The van der Waals surface area contributed by atoms with Crippen LogP contribution in [-0.2, 0) is 27.1 Å². The number of benzene rings is 3. The highest BCUT2D eigenvalue weighted by Gasteiger charge is 2.36. The summed E-state index contributed by atoms with van der Waals surface area (Å²) < 4.78 is 33.5. The van der Waals surface area contributed by atoms with Crippen LogP contribution in [0.4, 0.5) is 5.69 Å². The van der Waals surface area contributed by atoms with Crippen LogP contribution in [0.2, 0.25) is 0 Å². The molecule has 1 heterocycles. The Hall–Kier alpha value is -3.32. The highest BCUT2D eigenvalue weighted by Crippen LogP contribution is 2.35. The first-order valence-electron chi connectivity index (χ1n) is 9.64. The second-order valence-electron chi connectivity index (χ2n) is 7.05. The molecule has 0 bridgehead atoms. The Bertz CT molecular complexity index is 1120. The number of nitrogens with zero attached hydrogens (tertiary/aromatic N) is 1. The summed E-state index contributed by atoms with van der Waals surface area (Å²) in [7, 11) is -3.71. The minimum atomic E-state index is -3.71. The van der Waals surface area contributed by atoms with Crippen molar-refractivity contribution in [3.8, 4) is 5.75 Å². The number of carbonyl (C=O) groups is 1. The molecule has 0 spiro atoms. The lowest BCUT2D eigenvalue weighted by Gasteiger charge is -2.34. The zero-order valence-corrected chi connectivity index (χ0v) is 17.1. The summed E-state index contributed by atoms with van der Waals surface area (Å²) in [6.45, 7) is 0.269. The van der Waals surface area contributed by atoms with Gasteiger partial charge in [-0.25, -0.2) is 8.42 Å². The highest BCUT2D eigenvalue weighted by molar-refractivity contribution is 7.92. The van der Waals surface area contributed by atoms with E-state index in [0.717, 1.165) is 5.56 Å². The molecule has 154 valence electrons. The maximum absolute atomic E-state index is 13.2. The van der Waals surface area contributed by atoms with Crippen molar-refractivity contribution in [3.63, 3.8) is 0 Å². The van der Waals surface area contributed by atoms with E-state index in [1.807, 2.05) is 36.4 Å². The molecule has 1 aliphatic rings. The molecule has 4 rings (SSSR count). The van der Waals surface area contributed by atoms with Crippen LogP contribution in [0, 0.1) is 0 Å². The zero-order valence-electron chi connectivity index (χ0n) is 16.3. The molecule has 3 aromatic rings. The standard InChI is InChI=1S/C23H22N2O4S/c26-23(24-15-18-9-3-1-4-10-18)22-16-25(20-13-7-8-14-21(20)29-22)30(27,28)17-19-11-5-2-6-12-19/h1-14,22H,15-17H2,(H,24,26)/t22-/m0/s1. The second kappa shape index (κ2) is 8.59. The summed E-state index contributed by atoms with van der Waals surface area (Å²) in [6.07, 6.45) is -0.936. The molecule has 0 aromatic heterocycles. The Morgan fingerprint density at radius 2 is 1.50 bits per heavy atom. The Morgan fingerprint density at radius 1 is 0.900 bits per heavy atom. The van der Waals surface area contributed by atoms with E-state index in [0.29, 0.717) is 23.5 Å². The molecule has 1 aliphatic heterocycles. The van der Waals surface area contributed by atoms with Gasteiger partial charge in [0.25, 0.3) is 5.91 Å². The number of hydrogen-bond acceptors (Lipinski definition) is 4. The van der Waals surface area contributed by atoms with Crippen LogP contribution in [-0.4, -0.2) is 27.0 Å². The van der Waals surface area contributed by atoms with Crippen LogP contribution >= 0.6 is 0 Å². The molecule has 3 aromatic carbocycles. The molecule has 0 aliphatic carbocycles. The van der Waals surface area contributed by atoms with Crippen molar-refractivity contribution >= 4 is 21.6 Å². The molecule has 0 saturated heterocycles. The molecule has 0 radical (unpaired) electrons. The molecule has 30 heavy (non-hydrogen) atoms. The average Bonchev–Trinajstić information content (AvgIpc) is 2.77. The Morgan fingerprint density at radius 3 is 2.20 bits per heavy atom. The fourth-order valence-corrected chi connectivity index (χ4v) is 4.95. The summed E-state index contributed by atoms with van der Waals surface area (Å²) in [4.78, 5) is 12.8. The maximum atomic E-state index is 13.2. The molecular formula is C23H22N2O4S. The number of fused-ring (bicyclic) bond motifs is 1. The highest BCUT2D eigenvalue weighted by atomic mass is 32.2. The number of carbonyl (C=O) groups excluding carboxylic acids is 1. The van der Waals surface area contributed by atoms with Gasteiger partial charge < -0.3 is 10.1 Å². The third kappa shape index (κ3) is 4.46. The number of ether oxygens (including phenoxy) is 1. The van der Waals surface area contributed by atoms with Gasteiger partial charge in [0, 0.05) is 6.54 Å². The summed E-state index contributed by atoms with van der Waals surface area (Å²) in [5, 5.41) is 2.84. The summed E-state index contributed by atoms with van der Waals surface area (Å²) in [5.41, 5.74) is 2.09. The number of nitrogens with one attached hydrogen (secondary N) is 1. The van der Waals surface area contributed by atoms with E-state index in [1.54, 1.807) is 48.5 Å². The van der Waals surface area contributed by atoms with E-state index in [2.05, 4.69) is 5.32 Å². The van der Waals surface area contributed by atoms with Crippen LogP contribution in [0.5, 0.6) is 5.75 Å². The fraction of sp³-hybridized carbons (Fsp3) is 0.174. The topological polar surface area (TPSA) is 75.7 Å². The predicted octanol–water partition coefficient (Wildman–Crippen LogP) is 3.10. The van der Waals surface area contributed by atoms with Crippen molar-refractivity contribution in [2.45, 2.75) is 18.4 Å². The molecule has 0 fully saturated rings. The normalized spacial score (nSPS) is 15.7. The maximum Gasteiger partial charge on any atom is 0.263 e. The molecule has 1 atom stereocenters. The number of amides is 1. The van der Waals surface area contributed by atoms with Gasteiger partial charge in [-0.2, -0.15) is 0 Å². The lowest BCUT2D eigenvalue weighted by molar-refractivity contribution is -0.127. The van der Waals surface area contributed by atoms with Crippen molar-refractivity contribution in [2.24, 2.45) is 0 Å². The third-order valence-electron chi connectivity index (χ3n) is 4.86. The van der Waals surface area contributed by atoms with Crippen molar-refractivity contribution in [1.29, 1.82) is 0 Å². The number of rotatable bonds is 6. The predicted molar refractivity (Wildman–Crippen MR) is 116 cm³/mol. The minimum absolute atomic E-state index is 0.0766. The number of sulfonamides is 1. The van der Waals surface area contributed by atoms with Crippen molar-refractivity contribution in [1.82, 2.24) is 5.32 Å². The first kappa shape index (κ1) is 20.0. The third-order valence-corrected chi connectivity index (χ3v) is 6.58. The SMILES string of the molecule is O=C(NCc1ccccc1)[C@@H]1CN(S(=O)(=O)Cc2ccccc2)c2ccccc2O1. The monoisotopic (exact) mass is 422 g/mol. The van der Waals surface area contributed by atoms with E-state index < -0.39 is 16.1 Å². The van der Waals surface area contributed by atoms with Gasteiger partial charge in [-0.05, 0) is 23.3 Å². The van der Waals surface area contributed by atoms with Crippen LogP contribution in [0.25, 0.3) is 0 Å². The minimum Gasteiger partial charge on any atom is -0.476 e. The van der Waals surface area contributed by atoms with E-state index in [9.17, 15) is 13.2 Å². The molecule has 1 amide bonds. The van der Waals surface area contributed by atoms with Crippen LogP contribution in [0.15, 0.2) is 84.9 Å². The largest absolute Gasteiger partial charge is 0.476 e. The van der Waals surface area contributed by atoms with Gasteiger partial charge in [0.2, 0.25) is 10.0 Å². The first-order valence-corrected chi connectivity index (χ1v) is 11.3. The molecular weight excluding hydrogens is 400 g/mol. The summed E-state index contributed by atoms with van der Waals surface area (Å²) in [6, 6.07) is 25.4. The van der Waals surface area contributed by atoms with Gasteiger partial charge >= 0.3 is 0 Å².